The third-order valence-corrected chi connectivity index (χ3v) is 4.59. The van der Waals surface area contributed by atoms with E-state index in [1.807, 2.05) is 32.0 Å². The quantitative estimate of drug-likeness (QED) is 0.504. The molecular weight excluding hydrogens is 371 g/mol. The smallest absolute Gasteiger partial charge is 0.262 e. The number of carbonyl (C=O) groups is 1. The molecule has 29 heavy (non-hydrogen) atoms. The second-order valence-corrected chi connectivity index (χ2v) is 6.79. The summed E-state index contributed by atoms with van der Waals surface area (Å²) in [5.74, 6) is 0.328. The highest BCUT2D eigenvalue weighted by Gasteiger charge is 2.11. The van der Waals surface area contributed by atoms with E-state index in [9.17, 15) is 9.18 Å². The van der Waals surface area contributed by atoms with Crippen LogP contribution < -0.4 is 10.1 Å². The highest BCUT2D eigenvalue weighted by atomic mass is 19.1. The fraction of sp³-hybridized carbons (Fsp3) is 0.130. The SMILES string of the molecule is Cc1ccc(OCC(=O)Nc2ccc3oc(-c4cccc(F)c4)nc3c2)cc1C. The van der Waals surface area contributed by atoms with Gasteiger partial charge in [-0.05, 0) is 73.5 Å². The van der Waals surface area contributed by atoms with Crippen LogP contribution >= 0.6 is 0 Å². The monoisotopic (exact) mass is 390 g/mol. The minimum Gasteiger partial charge on any atom is -0.484 e. The number of benzene rings is 3. The van der Waals surface area contributed by atoms with Gasteiger partial charge in [0.15, 0.2) is 12.2 Å². The first-order chi connectivity index (χ1) is 14.0. The predicted octanol–water partition coefficient (Wildman–Crippen LogP) is 5.27. The minimum atomic E-state index is -0.360. The van der Waals surface area contributed by atoms with Gasteiger partial charge in [-0.3, -0.25) is 4.79 Å². The van der Waals surface area contributed by atoms with Crippen LogP contribution in [0.5, 0.6) is 5.75 Å². The van der Waals surface area contributed by atoms with Crippen molar-refractivity contribution in [3.8, 4) is 17.2 Å². The third kappa shape index (κ3) is 4.27. The van der Waals surface area contributed by atoms with Crippen molar-refractivity contribution in [2.45, 2.75) is 13.8 Å². The molecule has 0 fully saturated rings. The van der Waals surface area contributed by atoms with Gasteiger partial charge in [0.05, 0.1) is 0 Å². The first-order valence-electron chi connectivity index (χ1n) is 9.14. The first-order valence-corrected chi connectivity index (χ1v) is 9.14. The van der Waals surface area contributed by atoms with Gasteiger partial charge in [0, 0.05) is 11.3 Å². The van der Waals surface area contributed by atoms with Crippen molar-refractivity contribution in [2.75, 3.05) is 11.9 Å². The lowest BCUT2D eigenvalue weighted by Gasteiger charge is -2.09. The Labute approximate surface area is 167 Å². The van der Waals surface area contributed by atoms with Crippen LogP contribution in [0.1, 0.15) is 11.1 Å². The predicted molar refractivity (Wildman–Crippen MR) is 109 cm³/mol. The Morgan fingerprint density at radius 3 is 2.72 bits per heavy atom. The minimum absolute atomic E-state index is 0.103. The molecule has 6 heteroatoms. The number of nitrogens with zero attached hydrogens (tertiary/aromatic N) is 1. The van der Waals surface area contributed by atoms with Gasteiger partial charge in [0.1, 0.15) is 17.1 Å². The molecule has 0 bridgehead atoms. The second kappa shape index (κ2) is 7.75. The van der Waals surface area contributed by atoms with E-state index in [2.05, 4.69) is 10.3 Å². The molecule has 146 valence electrons. The zero-order valence-corrected chi connectivity index (χ0v) is 16.0. The average molecular weight is 390 g/mol. The summed E-state index contributed by atoms with van der Waals surface area (Å²) in [6.07, 6.45) is 0. The van der Waals surface area contributed by atoms with E-state index in [0.29, 0.717) is 34.0 Å². The summed E-state index contributed by atoms with van der Waals surface area (Å²) in [6.45, 7) is 3.91. The summed E-state index contributed by atoms with van der Waals surface area (Å²) in [4.78, 5) is 16.6. The van der Waals surface area contributed by atoms with Gasteiger partial charge < -0.3 is 14.5 Å². The summed E-state index contributed by atoms with van der Waals surface area (Å²) in [5.41, 5.74) is 4.51. The Kier molecular flexibility index (Phi) is 4.99. The first kappa shape index (κ1) is 18.7. The van der Waals surface area contributed by atoms with Crippen LogP contribution in [0.3, 0.4) is 0 Å². The van der Waals surface area contributed by atoms with Crippen molar-refractivity contribution in [2.24, 2.45) is 0 Å². The van der Waals surface area contributed by atoms with E-state index in [0.717, 1.165) is 5.56 Å². The Bertz CT molecular complexity index is 1200. The van der Waals surface area contributed by atoms with Gasteiger partial charge in [-0.2, -0.15) is 0 Å². The lowest BCUT2D eigenvalue weighted by Crippen LogP contribution is -2.20. The third-order valence-electron chi connectivity index (χ3n) is 4.59. The van der Waals surface area contributed by atoms with Gasteiger partial charge in [0.25, 0.3) is 5.91 Å². The fourth-order valence-corrected chi connectivity index (χ4v) is 2.90. The molecule has 1 amide bonds. The van der Waals surface area contributed by atoms with E-state index in [-0.39, 0.29) is 18.3 Å². The van der Waals surface area contributed by atoms with Crippen LogP contribution in [0.15, 0.2) is 65.1 Å². The molecule has 0 unspecified atom stereocenters. The van der Waals surface area contributed by atoms with Crippen LogP contribution in [0.2, 0.25) is 0 Å². The Morgan fingerprint density at radius 2 is 1.93 bits per heavy atom. The average Bonchev–Trinajstić information content (AvgIpc) is 3.12. The highest BCUT2D eigenvalue weighted by Crippen LogP contribution is 2.26. The van der Waals surface area contributed by atoms with E-state index < -0.39 is 0 Å². The molecule has 1 aromatic heterocycles. The van der Waals surface area contributed by atoms with Crippen molar-refractivity contribution in [1.29, 1.82) is 0 Å². The van der Waals surface area contributed by atoms with Crippen molar-refractivity contribution in [3.63, 3.8) is 0 Å². The number of nitrogens with one attached hydrogen (secondary N) is 1. The molecule has 0 radical (unpaired) electrons. The maximum Gasteiger partial charge on any atom is 0.262 e. The molecule has 0 atom stereocenters. The number of rotatable bonds is 5. The molecule has 0 aliphatic heterocycles. The van der Waals surface area contributed by atoms with E-state index >= 15 is 0 Å². The van der Waals surface area contributed by atoms with Crippen LogP contribution in [0, 0.1) is 19.7 Å². The topological polar surface area (TPSA) is 64.4 Å². The molecule has 0 saturated heterocycles. The maximum absolute atomic E-state index is 13.4. The van der Waals surface area contributed by atoms with Crippen molar-refractivity contribution in [1.82, 2.24) is 4.98 Å². The number of anilines is 1. The van der Waals surface area contributed by atoms with Crippen molar-refractivity contribution < 1.29 is 18.3 Å². The van der Waals surface area contributed by atoms with Crippen LogP contribution in [0.4, 0.5) is 10.1 Å². The van der Waals surface area contributed by atoms with Crippen LogP contribution in [-0.2, 0) is 4.79 Å². The standard InChI is InChI=1S/C23H19FN2O3/c1-14-6-8-19(10-15(14)2)28-13-22(27)25-18-7-9-21-20(12-18)26-23(29-21)16-4-3-5-17(24)11-16/h3-12H,13H2,1-2H3,(H,25,27). The Balaban J connectivity index is 1.45. The summed E-state index contributed by atoms with van der Waals surface area (Å²) < 4.78 is 24.7. The van der Waals surface area contributed by atoms with Crippen LogP contribution in [0.25, 0.3) is 22.6 Å². The number of amides is 1. The van der Waals surface area contributed by atoms with E-state index in [1.54, 1.807) is 30.3 Å². The lowest BCUT2D eigenvalue weighted by atomic mass is 10.1. The molecule has 3 aromatic carbocycles. The molecule has 5 nitrogen and oxygen atoms in total. The van der Waals surface area contributed by atoms with Crippen molar-refractivity contribution >= 4 is 22.7 Å². The normalized spacial score (nSPS) is 10.9. The number of carbonyl (C=O) groups excluding carboxylic acids is 1. The molecule has 0 aliphatic rings. The molecule has 0 spiro atoms. The largest absolute Gasteiger partial charge is 0.484 e. The summed E-state index contributed by atoms with van der Waals surface area (Å²) in [5, 5.41) is 2.78. The molecule has 1 N–H and O–H groups in total. The number of aromatic nitrogens is 1. The number of aryl methyl sites for hydroxylation is 2. The van der Waals surface area contributed by atoms with Gasteiger partial charge in [0.2, 0.25) is 5.89 Å². The van der Waals surface area contributed by atoms with Gasteiger partial charge in [-0.15, -0.1) is 0 Å². The molecular formula is C23H19FN2O3. The molecule has 0 saturated carbocycles. The zero-order chi connectivity index (χ0) is 20.4. The van der Waals surface area contributed by atoms with Crippen LogP contribution in [-0.4, -0.2) is 17.5 Å². The number of oxazole rings is 1. The highest BCUT2D eigenvalue weighted by molar-refractivity contribution is 5.94. The molecule has 1 heterocycles. The zero-order valence-electron chi connectivity index (χ0n) is 16.0. The maximum atomic E-state index is 13.4. The van der Waals surface area contributed by atoms with Gasteiger partial charge >= 0.3 is 0 Å². The Hall–Kier alpha value is -3.67. The summed E-state index contributed by atoms with van der Waals surface area (Å²) >= 11 is 0. The number of fused-ring (bicyclic) bond motifs is 1. The van der Waals surface area contributed by atoms with E-state index in [1.165, 1.54) is 17.7 Å². The Morgan fingerprint density at radius 1 is 1.07 bits per heavy atom. The molecule has 0 aliphatic carbocycles. The number of hydrogen-bond donors (Lipinski definition) is 1. The van der Waals surface area contributed by atoms with Crippen molar-refractivity contribution in [3.05, 3.63) is 77.6 Å². The number of hydrogen-bond acceptors (Lipinski definition) is 4. The fourth-order valence-electron chi connectivity index (χ4n) is 2.90. The molecule has 4 rings (SSSR count). The lowest BCUT2D eigenvalue weighted by molar-refractivity contribution is -0.118. The van der Waals surface area contributed by atoms with Gasteiger partial charge in [-0.1, -0.05) is 12.1 Å². The second-order valence-electron chi connectivity index (χ2n) is 6.79. The van der Waals surface area contributed by atoms with Gasteiger partial charge in [-0.25, -0.2) is 9.37 Å². The summed E-state index contributed by atoms with van der Waals surface area (Å²) in [7, 11) is 0. The van der Waals surface area contributed by atoms with E-state index in [4.69, 9.17) is 9.15 Å². The number of ether oxygens (including phenoxy) is 1. The summed E-state index contributed by atoms with van der Waals surface area (Å²) in [6, 6.07) is 16.9. The number of halogens is 1. The molecule has 4 aromatic rings.